The highest BCUT2D eigenvalue weighted by Gasteiger charge is 2.31. The minimum atomic E-state index is -0.558. The number of ether oxygens (including phenoxy) is 2. The average molecular weight is 254 g/mol. The van der Waals surface area contributed by atoms with E-state index < -0.39 is 17.0 Å². The van der Waals surface area contributed by atoms with Crippen molar-refractivity contribution in [2.75, 3.05) is 6.61 Å². The molecule has 0 saturated carbocycles. The van der Waals surface area contributed by atoms with Gasteiger partial charge in [0.15, 0.2) is 6.61 Å². The maximum atomic E-state index is 11.7. The van der Waals surface area contributed by atoms with Gasteiger partial charge < -0.3 is 9.47 Å². The minimum Gasteiger partial charge on any atom is -0.453 e. The normalized spacial score (nSPS) is 22.9. The second-order valence-electron chi connectivity index (χ2n) is 5.54. The van der Waals surface area contributed by atoms with Crippen molar-refractivity contribution in [3.8, 4) is 0 Å². The molecule has 1 atom stereocenters. The third kappa shape index (κ3) is 3.86. The van der Waals surface area contributed by atoms with Gasteiger partial charge in [0.25, 0.3) is 0 Å². The van der Waals surface area contributed by atoms with Crippen LogP contribution in [0.15, 0.2) is 12.2 Å². The Balaban J connectivity index is 2.38. The molecule has 0 radical (unpaired) electrons. The number of hydrogen-bond donors (Lipinski definition) is 0. The molecule has 0 aromatic heterocycles. The van der Waals surface area contributed by atoms with Gasteiger partial charge in [0.1, 0.15) is 5.60 Å². The lowest BCUT2D eigenvalue weighted by molar-refractivity contribution is -0.170. The topological polar surface area (TPSA) is 52.6 Å². The third-order valence-electron chi connectivity index (χ3n) is 3.38. The lowest BCUT2D eigenvalue weighted by Gasteiger charge is -2.23. The average Bonchev–Trinajstić information content (AvgIpc) is 2.72. The summed E-state index contributed by atoms with van der Waals surface area (Å²) in [6.45, 7) is 7.03. The van der Waals surface area contributed by atoms with Crippen molar-refractivity contribution >= 4 is 11.9 Å². The fraction of sp³-hybridized carbons (Fsp3) is 0.714. The number of carbonyl (C=O) groups is 2. The van der Waals surface area contributed by atoms with Crippen LogP contribution in [0.2, 0.25) is 0 Å². The molecule has 0 N–H and O–H groups in total. The quantitative estimate of drug-likeness (QED) is 0.559. The minimum absolute atomic E-state index is 0.314. The van der Waals surface area contributed by atoms with Gasteiger partial charge in [-0.25, -0.2) is 4.79 Å². The first-order chi connectivity index (χ1) is 8.29. The number of hydrogen-bond acceptors (Lipinski definition) is 4. The van der Waals surface area contributed by atoms with Crippen LogP contribution in [0.4, 0.5) is 0 Å². The van der Waals surface area contributed by atoms with Crippen molar-refractivity contribution in [3.05, 3.63) is 12.2 Å². The van der Waals surface area contributed by atoms with Gasteiger partial charge in [-0.2, -0.15) is 0 Å². The molecule has 0 heterocycles. The molecule has 0 amide bonds. The first-order valence-electron chi connectivity index (χ1n) is 6.36. The number of allylic oxidation sites excluding steroid dienone is 1. The summed E-state index contributed by atoms with van der Waals surface area (Å²) in [6.07, 6.45) is 6.23. The van der Waals surface area contributed by atoms with E-state index in [0.29, 0.717) is 6.42 Å². The van der Waals surface area contributed by atoms with Crippen molar-refractivity contribution in [3.63, 3.8) is 0 Å². The molecule has 1 rings (SSSR count). The highest BCUT2D eigenvalue weighted by Crippen LogP contribution is 2.26. The Morgan fingerprint density at radius 3 is 2.56 bits per heavy atom. The maximum Gasteiger partial charge on any atom is 0.345 e. The van der Waals surface area contributed by atoms with Gasteiger partial charge in [-0.15, -0.1) is 0 Å². The summed E-state index contributed by atoms with van der Waals surface area (Å²) in [7, 11) is 0. The lowest BCUT2D eigenvalue weighted by atomic mass is 9.91. The summed E-state index contributed by atoms with van der Waals surface area (Å²) >= 11 is 0. The smallest absolute Gasteiger partial charge is 0.345 e. The van der Waals surface area contributed by atoms with Crippen LogP contribution in [0.5, 0.6) is 0 Å². The Morgan fingerprint density at radius 1 is 1.39 bits per heavy atom. The van der Waals surface area contributed by atoms with E-state index >= 15 is 0 Å². The van der Waals surface area contributed by atoms with E-state index in [-0.39, 0.29) is 12.6 Å². The first-order valence-corrected chi connectivity index (χ1v) is 6.36. The molecule has 0 bridgehead atoms. The second-order valence-corrected chi connectivity index (χ2v) is 5.54. The Bertz CT molecular complexity index is 357. The van der Waals surface area contributed by atoms with Gasteiger partial charge in [0.2, 0.25) is 0 Å². The van der Waals surface area contributed by atoms with Crippen molar-refractivity contribution in [2.45, 2.75) is 52.6 Å². The summed E-state index contributed by atoms with van der Waals surface area (Å²) in [5.74, 6) is -0.863. The molecule has 0 saturated heterocycles. The standard InChI is InChI=1S/C14H22O4/c1-5-13(2,3)12(16)17-10-11(15)18-14(4)8-6-7-9-14/h6,8H,5,7,9-10H2,1-4H3. The van der Waals surface area contributed by atoms with Gasteiger partial charge in [0.05, 0.1) is 5.41 Å². The molecule has 1 aliphatic carbocycles. The molecule has 1 aliphatic rings. The predicted octanol–water partition coefficient (Wildman–Crippen LogP) is 2.62. The van der Waals surface area contributed by atoms with Crippen LogP contribution >= 0.6 is 0 Å². The highest BCUT2D eigenvalue weighted by atomic mass is 16.6. The van der Waals surface area contributed by atoms with Gasteiger partial charge >= 0.3 is 11.9 Å². The van der Waals surface area contributed by atoms with Crippen LogP contribution in [0, 0.1) is 5.41 Å². The Hall–Kier alpha value is -1.32. The van der Waals surface area contributed by atoms with Gasteiger partial charge in [0, 0.05) is 0 Å². The van der Waals surface area contributed by atoms with Crippen molar-refractivity contribution < 1.29 is 19.1 Å². The Morgan fingerprint density at radius 2 is 2.06 bits per heavy atom. The summed E-state index contributed by atoms with van der Waals surface area (Å²) in [6, 6.07) is 0. The van der Waals surface area contributed by atoms with Crippen LogP contribution in [0.25, 0.3) is 0 Å². The van der Waals surface area contributed by atoms with Crippen molar-refractivity contribution in [1.82, 2.24) is 0 Å². The number of rotatable bonds is 5. The largest absolute Gasteiger partial charge is 0.453 e. The van der Waals surface area contributed by atoms with Gasteiger partial charge in [-0.3, -0.25) is 4.79 Å². The molecule has 102 valence electrons. The van der Waals surface area contributed by atoms with E-state index in [1.54, 1.807) is 13.8 Å². The van der Waals surface area contributed by atoms with Crippen molar-refractivity contribution in [2.24, 2.45) is 5.41 Å². The molecule has 18 heavy (non-hydrogen) atoms. The van der Waals surface area contributed by atoms with Crippen LogP contribution in [0.3, 0.4) is 0 Å². The van der Waals surface area contributed by atoms with Crippen molar-refractivity contribution in [1.29, 1.82) is 0 Å². The third-order valence-corrected chi connectivity index (χ3v) is 3.38. The molecule has 4 heteroatoms. The molecule has 4 nitrogen and oxygen atoms in total. The molecule has 1 unspecified atom stereocenters. The molecule has 0 aromatic rings. The monoisotopic (exact) mass is 254 g/mol. The van der Waals surface area contributed by atoms with Crippen LogP contribution in [-0.4, -0.2) is 24.1 Å². The zero-order valence-electron chi connectivity index (χ0n) is 11.6. The molecule has 0 aromatic carbocycles. The molecular formula is C14H22O4. The fourth-order valence-electron chi connectivity index (χ4n) is 1.62. The zero-order valence-corrected chi connectivity index (χ0v) is 11.6. The maximum absolute atomic E-state index is 11.7. The van der Waals surface area contributed by atoms with E-state index in [0.717, 1.165) is 12.8 Å². The van der Waals surface area contributed by atoms with E-state index in [2.05, 4.69) is 0 Å². The van der Waals surface area contributed by atoms with E-state index in [1.165, 1.54) is 0 Å². The summed E-state index contributed by atoms with van der Waals surface area (Å²) in [5.41, 5.74) is -1.10. The Kier molecular flexibility index (Phi) is 4.54. The van der Waals surface area contributed by atoms with Crippen LogP contribution < -0.4 is 0 Å². The second kappa shape index (κ2) is 5.55. The van der Waals surface area contributed by atoms with E-state index in [9.17, 15) is 9.59 Å². The van der Waals surface area contributed by atoms with E-state index in [4.69, 9.17) is 9.47 Å². The predicted molar refractivity (Wildman–Crippen MR) is 67.9 cm³/mol. The molecular weight excluding hydrogens is 232 g/mol. The molecule has 0 aliphatic heterocycles. The molecule has 0 fully saturated rings. The highest BCUT2D eigenvalue weighted by molar-refractivity contribution is 5.80. The first kappa shape index (κ1) is 14.7. The fourth-order valence-corrected chi connectivity index (χ4v) is 1.62. The van der Waals surface area contributed by atoms with E-state index in [1.807, 2.05) is 26.0 Å². The Labute approximate surface area is 108 Å². The SMILES string of the molecule is CCC(C)(C)C(=O)OCC(=O)OC1(C)C=CCC1. The number of carbonyl (C=O) groups excluding carboxylic acids is 2. The van der Waals surface area contributed by atoms with Gasteiger partial charge in [-0.1, -0.05) is 13.0 Å². The molecule has 0 spiro atoms. The van der Waals surface area contributed by atoms with Crippen LogP contribution in [0.1, 0.15) is 47.0 Å². The summed E-state index contributed by atoms with van der Waals surface area (Å²) < 4.78 is 10.3. The summed E-state index contributed by atoms with van der Waals surface area (Å²) in [4.78, 5) is 23.3. The number of esters is 2. The van der Waals surface area contributed by atoms with Gasteiger partial charge in [-0.05, 0) is 46.1 Å². The van der Waals surface area contributed by atoms with Crippen LogP contribution in [-0.2, 0) is 19.1 Å². The summed E-state index contributed by atoms with van der Waals surface area (Å²) in [5, 5.41) is 0. The lowest BCUT2D eigenvalue weighted by Crippen LogP contribution is -2.32. The zero-order chi connectivity index (χ0) is 13.8.